The van der Waals surface area contributed by atoms with Gasteiger partial charge in [0.25, 0.3) is 0 Å². The molecule has 0 aromatic heterocycles. The second-order valence-corrected chi connectivity index (χ2v) is 15.4. The summed E-state index contributed by atoms with van der Waals surface area (Å²) in [7, 11) is 0. The highest BCUT2D eigenvalue weighted by Crippen LogP contribution is 2.45. The lowest BCUT2D eigenvalue weighted by Gasteiger charge is -2.35. The van der Waals surface area contributed by atoms with E-state index in [9.17, 15) is 0 Å². The maximum absolute atomic E-state index is 9.15. The molecule has 9 rings (SSSR count). The van der Waals surface area contributed by atoms with Gasteiger partial charge in [-0.25, -0.2) is 0 Å². The van der Waals surface area contributed by atoms with Gasteiger partial charge >= 0.3 is 0 Å². The zero-order valence-electron chi connectivity index (χ0n) is 25.4. The fourth-order valence-electron chi connectivity index (χ4n) is 11.7. The summed E-state index contributed by atoms with van der Waals surface area (Å²) in [5, 5.41) is 33.4. The third-order valence-electron chi connectivity index (χ3n) is 13.6. The van der Waals surface area contributed by atoms with Crippen molar-refractivity contribution in [1.82, 2.24) is 42.5 Å². The van der Waals surface area contributed by atoms with E-state index in [0.717, 1.165) is 18.3 Å². The molecule has 8 nitrogen and oxygen atoms in total. The van der Waals surface area contributed by atoms with Crippen molar-refractivity contribution in [2.45, 2.75) is 152 Å². The monoisotopic (exact) mass is 553 g/mol. The molecule has 17 atom stereocenters. The van der Waals surface area contributed by atoms with Crippen LogP contribution in [0.25, 0.3) is 0 Å². The van der Waals surface area contributed by atoms with Gasteiger partial charge in [0.15, 0.2) is 0 Å². The molecule has 0 aromatic rings. The van der Waals surface area contributed by atoms with E-state index in [4.69, 9.17) is 1.37 Å². The Labute approximate surface area is 243 Å². The molecule has 224 valence electrons. The fourth-order valence-corrected chi connectivity index (χ4v) is 11.7. The molecule has 0 radical (unpaired) electrons. The highest BCUT2D eigenvalue weighted by molar-refractivity contribution is 5.08. The van der Waals surface area contributed by atoms with Crippen molar-refractivity contribution >= 4 is 0 Å². The molecule has 8 heteroatoms. The van der Waals surface area contributed by atoms with Gasteiger partial charge in [-0.1, -0.05) is 51.4 Å². The van der Waals surface area contributed by atoms with Gasteiger partial charge in [-0.05, 0) is 98.7 Å². The average Bonchev–Trinajstić information content (AvgIpc) is 3.73. The summed E-state index contributed by atoms with van der Waals surface area (Å²) < 4.78 is 9.15. The predicted octanol–water partition coefficient (Wildman–Crippen LogP) is 2.61. The van der Waals surface area contributed by atoms with E-state index >= 15 is 0 Å². The fraction of sp³-hybridized carbons (Fsp3) is 1.00. The number of hydrogen-bond donors (Lipinski definition) is 8. The van der Waals surface area contributed by atoms with Crippen LogP contribution in [-0.4, -0.2) is 49.3 Å². The third-order valence-corrected chi connectivity index (χ3v) is 13.6. The molecule has 5 heterocycles. The summed E-state index contributed by atoms with van der Waals surface area (Å²) in [5.41, 5.74) is 0. The molecule has 0 spiro atoms. The van der Waals surface area contributed by atoms with Crippen molar-refractivity contribution in [2.75, 3.05) is 0 Å². The zero-order chi connectivity index (χ0) is 27.1. The zero-order valence-corrected chi connectivity index (χ0v) is 24.4. The van der Waals surface area contributed by atoms with Crippen LogP contribution >= 0.6 is 0 Å². The maximum Gasteiger partial charge on any atom is 0.0628 e. The van der Waals surface area contributed by atoms with Crippen LogP contribution in [0.5, 0.6) is 0 Å². The van der Waals surface area contributed by atoms with Crippen LogP contribution in [0.3, 0.4) is 0 Å². The van der Waals surface area contributed by atoms with E-state index in [-0.39, 0.29) is 18.7 Å². The Bertz CT molecular complexity index is 953. The second-order valence-electron chi connectivity index (χ2n) is 15.4. The minimum absolute atomic E-state index is 0.0293. The van der Waals surface area contributed by atoms with Crippen molar-refractivity contribution in [3.05, 3.63) is 0 Å². The van der Waals surface area contributed by atoms with E-state index in [1.165, 1.54) is 89.9 Å². The van der Waals surface area contributed by atoms with Crippen LogP contribution in [0.15, 0.2) is 0 Å². The van der Waals surface area contributed by atoms with Crippen molar-refractivity contribution < 1.29 is 1.37 Å². The first-order chi connectivity index (χ1) is 20.2. The first-order valence-corrected chi connectivity index (χ1v) is 17.7. The van der Waals surface area contributed by atoms with Crippen LogP contribution < -0.4 is 42.5 Å². The molecule has 9 fully saturated rings. The van der Waals surface area contributed by atoms with Gasteiger partial charge in [0, 0.05) is 1.37 Å². The number of nitrogens with one attached hydrogen (secondary N) is 8. The second kappa shape index (κ2) is 10.7. The maximum atomic E-state index is 9.15. The molecule has 8 bridgehead atoms. The van der Waals surface area contributed by atoms with Crippen LogP contribution in [0.4, 0.5) is 0 Å². The van der Waals surface area contributed by atoms with Gasteiger partial charge in [-0.2, -0.15) is 0 Å². The molecule has 8 N–H and O–H groups in total. The Morgan fingerprint density at radius 1 is 0.275 bits per heavy atom. The highest BCUT2D eigenvalue weighted by Gasteiger charge is 2.54. The topological polar surface area (TPSA) is 96.2 Å². The molecule has 17 unspecified atom stereocenters. The summed E-state index contributed by atoms with van der Waals surface area (Å²) in [6, 6.07) is 0. The first-order valence-electron chi connectivity index (χ1n) is 18.3. The lowest BCUT2D eigenvalue weighted by atomic mass is 9.76. The van der Waals surface area contributed by atoms with E-state index in [0.29, 0.717) is 72.5 Å². The normalized spacial score (nSPS) is 59.8. The Hall–Kier alpha value is -0.320. The van der Waals surface area contributed by atoms with Gasteiger partial charge in [0.2, 0.25) is 0 Å². The summed E-state index contributed by atoms with van der Waals surface area (Å²) in [6.45, 7) is 0. The predicted molar refractivity (Wildman–Crippen MR) is 157 cm³/mol. The Morgan fingerprint density at radius 2 is 0.475 bits per heavy atom. The molecule has 0 amide bonds. The number of fused-ring (bicyclic) bond motifs is 20. The van der Waals surface area contributed by atoms with Crippen molar-refractivity contribution in [2.24, 2.45) is 47.3 Å². The van der Waals surface area contributed by atoms with E-state index < -0.39 is 0 Å². The molecule has 4 aliphatic carbocycles. The van der Waals surface area contributed by atoms with E-state index in [2.05, 4.69) is 42.5 Å². The highest BCUT2D eigenvalue weighted by atomic mass is 15.4. The molecule has 5 saturated heterocycles. The van der Waals surface area contributed by atoms with Gasteiger partial charge in [-0.15, -0.1) is 0 Å². The molecule has 40 heavy (non-hydrogen) atoms. The molecule has 0 aromatic carbocycles. The van der Waals surface area contributed by atoms with Gasteiger partial charge < -0.3 is 0 Å². The molecular formula is C32H56N8. The number of hydrogen-bond acceptors (Lipinski definition) is 8. The van der Waals surface area contributed by atoms with Gasteiger partial charge in [0.05, 0.1) is 49.3 Å². The quantitative estimate of drug-likeness (QED) is 0.232. The lowest BCUT2D eigenvalue weighted by molar-refractivity contribution is 0.167. The Balaban J connectivity index is 1.06. The van der Waals surface area contributed by atoms with Crippen LogP contribution in [0.2, 0.25) is 0 Å². The SMILES string of the molecule is [2H]C1CCCC2C3NC4NC(NC5NC(NC6NC(NC(N3)C12)C1CCCCC61)C1CCCCC51)C1CCCCC41. The van der Waals surface area contributed by atoms with Gasteiger partial charge in [0.1, 0.15) is 0 Å². The minimum Gasteiger partial charge on any atom is -0.286 e. The molecule has 5 aliphatic heterocycles. The molecule has 4 saturated carbocycles. The van der Waals surface area contributed by atoms with Crippen LogP contribution in [-0.2, 0) is 0 Å². The third kappa shape index (κ3) is 4.37. The lowest BCUT2D eigenvalue weighted by Crippen LogP contribution is -2.61. The summed E-state index contributed by atoms with van der Waals surface area (Å²) in [6.07, 6.45) is 22.5. The molecule has 9 aliphatic rings. The van der Waals surface area contributed by atoms with E-state index in [1.54, 1.807) is 0 Å². The Morgan fingerprint density at radius 3 is 0.750 bits per heavy atom. The summed E-state index contributed by atoms with van der Waals surface area (Å²) in [4.78, 5) is 0. The smallest absolute Gasteiger partial charge is 0.0628 e. The van der Waals surface area contributed by atoms with Crippen LogP contribution in [0.1, 0.15) is 104 Å². The largest absolute Gasteiger partial charge is 0.286 e. The van der Waals surface area contributed by atoms with Gasteiger partial charge in [-0.3, -0.25) is 42.5 Å². The Kier molecular flexibility index (Phi) is 6.69. The standard InChI is InChI=1S/C32H56N8/c1-2-10-18-17(9-1)25-33-26(18)38-28-21-13-5-6-14-22(21)30(35-28)40-32-24-16-8-7-15-23(24)31(36-32)39-29-20-12-4-3-11-19(20)27(34-29)37-25/h17-40H,1-16H2/i9D. The van der Waals surface area contributed by atoms with Crippen LogP contribution in [0, 0.1) is 47.3 Å². The van der Waals surface area contributed by atoms with Crippen molar-refractivity contribution in [1.29, 1.82) is 0 Å². The average molecular weight is 554 g/mol. The van der Waals surface area contributed by atoms with Crippen molar-refractivity contribution in [3.8, 4) is 0 Å². The minimum atomic E-state index is 0.0293. The summed E-state index contributed by atoms with van der Waals surface area (Å²) in [5.74, 6) is 5.12. The molecular weight excluding hydrogens is 496 g/mol. The first kappa shape index (κ1) is 25.1. The summed E-state index contributed by atoms with van der Waals surface area (Å²) >= 11 is 0. The van der Waals surface area contributed by atoms with E-state index in [1.807, 2.05) is 0 Å². The van der Waals surface area contributed by atoms with Crippen molar-refractivity contribution in [3.63, 3.8) is 0 Å². The number of rotatable bonds is 0.